The van der Waals surface area contributed by atoms with Gasteiger partial charge in [-0.25, -0.2) is 4.98 Å². The van der Waals surface area contributed by atoms with Crippen LogP contribution in [0, 0.1) is 5.92 Å². The zero-order chi connectivity index (χ0) is 23.5. The van der Waals surface area contributed by atoms with Gasteiger partial charge < -0.3 is 18.7 Å². The number of nitrogens with one attached hydrogen (secondary N) is 1. The number of fused-ring (bicyclic) bond motifs is 3. The molecule has 0 spiro atoms. The Bertz CT molecular complexity index is 1470. The molecule has 0 aliphatic carbocycles. The second-order valence-electron chi connectivity index (χ2n) is 8.41. The number of ether oxygens (including phenoxy) is 1. The van der Waals surface area contributed by atoms with E-state index < -0.39 is 0 Å². The predicted molar refractivity (Wildman–Crippen MR) is 132 cm³/mol. The van der Waals surface area contributed by atoms with E-state index in [2.05, 4.69) is 38.6 Å². The Hall–Kier alpha value is -3.59. The first-order valence-corrected chi connectivity index (χ1v) is 12.2. The third-order valence-corrected chi connectivity index (χ3v) is 6.43. The van der Waals surface area contributed by atoms with E-state index in [1.807, 2.05) is 54.6 Å². The molecule has 34 heavy (non-hydrogen) atoms. The number of aromatic amines is 1. The van der Waals surface area contributed by atoms with Crippen LogP contribution in [0.4, 0.5) is 0 Å². The highest BCUT2D eigenvalue weighted by atomic mass is 32.2. The standard InChI is InChI=1S/C25H25N5O3S/c1-16(2)12-13-30-21(14-32-17-8-4-3-5-9-17)28-29-25(30)34-15-20-26-22-18-10-6-7-11-19(18)33-23(22)24(31)27-20/h3-11,16H,12-15H2,1-2H3,(H,26,27,31). The van der Waals surface area contributed by atoms with Crippen molar-refractivity contribution in [2.45, 2.75) is 44.3 Å². The molecule has 174 valence electrons. The number of nitrogens with zero attached hydrogens (tertiary/aromatic N) is 4. The summed E-state index contributed by atoms with van der Waals surface area (Å²) in [4.78, 5) is 20.1. The van der Waals surface area contributed by atoms with Crippen LogP contribution in [0.3, 0.4) is 0 Å². The van der Waals surface area contributed by atoms with Gasteiger partial charge in [0, 0.05) is 11.9 Å². The molecule has 3 heterocycles. The van der Waals surface area contributed by atoms with Gasteiger partial charge in [-0.1, -0.05) is 55.9 Å². The van der Waals surface area contributed by atoms with Crippen molar-refractivity contribution in [2.75, 3.05) is 0 Å². The van der Waals surface area contributed by atoms with Crippen LogP contribution in [-0.4, -0.2) is 24.7 Å². The zero-order valence-electron chi connectivity index (χ0n) is 19.0. The van der Waals surface area contributed by atoms with Crippen molar-refractivity contribution in [2.24, 2.45) is 5.92 Å². The summed E-state index contributed by atoms with van der Waals surface area (Å²) >= 11 is 1.49. The molecule has 8 nitrogen and oxygen atoms in total. The Morgan fingerprint density at radius 3 is 2.71 bits per heavy atom. The summed E-state index contributed by atoms with van der Waals surface area (Å²) in [6.07, 6.45) is 0.992. The Balaban J connectivity index is 1.38. The molecule has 2 aromatic carbocycles. The Morgan fingerprint density at radius 2 is 1.88 bits per heavy atom. The lowest BCUT2D eigenvalue weighted by Crippen LogP contribution is -2.11. The van der Waals surface area contributed by atoms with Crippen LogP contribution in [0.2, 0.25) is 0 Å². The highest BCUT2D eigenvalue weighted by Gasteiger charge is 2.17. The smallest absolute Gasteiger partial charge is 0.294 e. The van der Waals surface area contributed by atoms with Gasteiger partial charge in [0.05, 0.1) is 5.75 Å². The molecule has 5 rings (SSSR count). The molecule has 1 N–H and O–H groups in total. The SMILES string of the molecule is CC(C)CCn1c(COc2ccccc2)nnc1SCc1nc2c(oc3ccccc32)c(=O)[nH]1. The highest BCUT2D eigenvalue weighted by Crippen LogP contribution is 2.26. The van der Waals surface area contributed by atoms with E-state index in [1.54, 1.807) is 0 Å². The summed E-state index contributed by atoms with van der Waals surface area (Å²) < 4.78 is 13.7. The number of para-hydroxylation sites is 2. The summed E-state index contributed by atoms with van der Waals surface area (Å²) in [5.74, 6) is 3.11. The second-order valence-corrected chi connectivity index (χ2v) is 9.35. The molecule has 3 aromatic heterocycles. The molecule has 0 aliphatic rings. The number of hydrogen-bond donors (Lipinski definition) is 1. The van der Waals surface area contributed by atoms with Crippen molar-refractivity contribution in [1.29, 1.82) is 0 Å². The number of H-pyrrole nitrogens is 1. The van der Waals surface area contributed by atoms with Crippen molar-refractivity contribution in [1.82, 2.24) is 24.7 Å². The minimum atomic E-state index is -0.282. The number of aromatic nitrogens is 5. The van der Waals surface area contributed by atoms with Gasteiger partial charge in [-0.3, -0.25) is 4.79 Å². The fraction of sp³-hybridized carbons (Fsp3) is 0.280. The highest BCUT2D eigenvalue weighted by molar-refractivity contribution is 7.98. The molecule has 0 unspecified atom stereocenters. The zero-order valence-corrected chi connectivity index (χ0v) is 19.8. The lowest BCUT2D eigenvalue weighted by Gasteiger charge is -2.12. The van der Waals surface area contributed by atoms with Crippen LogP contribution in [0.5, 0.6) is 5.75 Å². The van der Waals surface area contributed by atoms with Crippen LogP contribution in [-0.2, 0) is 18.9 Å². The molecule has 0 saturated heterocycles. The topological polar surface area (TPSA) is 98.8 Å². The summed E-state index contributed by atoms with van der Waals surface area (Å²) in [5.41, 5.74) is 1.19. The van der Waals surface area contributed by atoms with Crippen molar-refractivity contribution in [3.8, 4) is 5.75 Å². The van der Waals surface area contributed by atoms with Crippen molar-refractivity contribution >= 4 is 33.8 Å². The molecule has 0 amide bonds. The van der Waals surface area contributed by atoms with Gasteiger partial charge in [-0.2, -0.15) is 0 Å². The predicted octanol–water partition coefficient (Wildman–Crippen LogP) is 5.18. The quantitative estimate of drug-likeness (QED) is 0.293. The van der Waals surface area contributed by atoms with E-state index in [-0.39, 0.29) is 11.1 Å². The van der Waals surface area contributed by atoms with Gasteiger partial charge in [0.1, 0.15) is 29.3 Å². The van der Waals surface area contributed by atoms with Gasteiger partial charge in [0.2, 0.25) is 5.58 Å². The molecule has 9 heteroatoms. The van der Waals surface area contributed by atoms with E-state index in [0.717, 1.165) is 35.1 Å². The van der Waals surface area contributed by atoms with Crippen LogP contribution >= 0.6 is 11.8 Å². The fourth-order valence-corrected chi connectivity index (χ4v) is 4.51. The van der Waals surface area contributed by atoms with Crippen LogP contribution < -0.4 is 10.3 Å². The molecule has 0 radical (unpaired) electrons. The van der Waals surface area contributed by atoms with E-state index in [0.29, 0.717) is 35.2 Å². The minimum absolute atomic E-state index is 0.246. The van der Waals surface area contributed by atoms with E-state index in [9.17, 15) is 4.79 Å². The Kier molecular flexibility index (Phi) is 6.35. The third kappa shape index (κ3) is 4.70. The molecular formula is C25H25N5O3S. The summed E-state index contributed by atoms with van der Waals surface area (Å²) in [7, 11) is 0. The first-order chi connectivity index (χ1) is 16.6. The number of benzene rings is 2. The molecule has 0 saturated carbocycles. The van der Waals surface area contributed by atoms with E-state index in [1.165, 1.54) is 11.8 Å². The lowest BCUT2D eigenvalue weighted by molar-refractivity contribution is 0.285. The number of thioether (sulfide) groups is 1. The number of furan rings is 1. The van der Waals surface area contributed by atoms with Gasteiger partial charge in [-0.15, -0.1) is 10.2 Å². The summed E-state index contributed by atoms with van der Waals surface area (Å²) in [5, 5.41) is 10.4. The maximum Gasteiger partial charge on any atom is 0.294 e. The van der Waals surface area contributed by atoms with E-state index >= 15 is 0 Å². The third-order valence-electron chi connectivity index (χ3n) is 5.45. The fourth-order valence-electron chi connectivity index (χ4n) is 3.66. The number of rotatable bonds is 9. The normalized spacial score (nSPS) is 11.6. The first kappa shape index (κ1) is 22.2. The largest absolute Gasteiger partial charge is 0.486 e. The van der Waals surface area contributed by atoms with Gasteiger partial charge >= 0.3 is 0 Å². The number of hydrogen-bond acceptors (Lipinski definition) is 7. The molecular weight excluding hydrogens is 450 g/mol. The average Bonchev–Trinajstić information content (AvgIpc) is 3.42. The monoisotopic (exact) mass is 475 g/mol. The average molecular weight is 476 g/mol. The summed E-state index contributed by atoms with van der Waals surface area (Å²) in [6.45, 7) is 5.50. The summed E-state index contributed by atoms with van der Waals surface area (Å²) in [6, 6.07) is 17.2. The van der Waals surface area contributed by atoms with Gasteiger partial charge in [0.15, 0.2) is 11.0 Å². The minimum Gasteiger partial charge on any atom is -0.486 e. The van der Waals surface area contributed by atoms with Gasteiger partial charge in [-0.05, 0) is 36.6 Å². The van der Waals surface area contributed by atoms with E-state index in [4.69, 9.17) is 9.15 Å². The Labute approximate surface area is 200 Å². The van der Waals surface area contributed by atoms with Crippen molar-refractivity contribution in [3.63, 3.8) is 0 Å². The van der Waals surface area contributed by atoms with Crippen molar-refractivity contribution < 1.29 is 9.15 Å². The van der Waals surface area contributed by atoms with Crippen LogP contribution in [0.1, 0.15) is 31.9 Å². The maximum absolute atomic E-state index is 12.6. The lowest BCUT2D eigenvalue weighted by atomic mass is 10.1. The maximum atomic E-state index is 12.6. The molecule has 0 atom stereocenters. The molecule has 0 bridgehead atoms. The molecule has 0 fully saturated rings. The van der Waals surface area contributed by atoms with Crippen molar-refractivity contribution in [3.05, 3.63) is 76.6 Å². The second kappa shape index (κ2) is 9.72. The first-order valence-electron chi connectivity index (χ1n) is 11.2. The molecule has 5 aromatic rings. The Morgan fingerprint density at radius 1 is 1.09 bits per heavy atom. The van der Waals surface area contributed by atoms with Crippen LogP contribution in [0.15, 0.2) is 69.0 Å². The van der Waals surface area contributed by atoms with Gasteiger partial charge in [0.25, 0.3) is 5.56 Å². The molecule has 0 aliphatic heterocycles. The van der Waals surface area contributed by atoms with Crippen LogP contribution in [0.25, 0.3) is 22.1 Å².